The highest BCUT2D eigenvalue weighted by Gasteiger charge is 2.26. The van der Waals surface area contributed by atoms with E-state index >= 15 is 0 Å². The Morgan fingerprint density at radius 2 is 2.26 bits per heavy atom. The molecule has 1 aromatic carbocycles. The first-order chi connectivity index (χ1) is 9.33. The number of fused-ring (bicyclic) bond motifs is 1. The summed E-state index contributed by atoms with van der Waals surface area (Å²) in [5.41, 5.74) is 2.67. The SMILES string of the molecule is CCC1CNCCC1c1c[nH]c2ccc(OC)cc12. The van der Waals surface area contributed by atoms with E-state index in [0.29, 0.717) is 5.92 Å². The molecule has 3 nitrogen and oxygen atoms in total. The predicted octanol–water partition coefficient (Wildman–Crippen LogP) is 3.28. The van der Waals surface area contributed by atoms with E-state index in [9.17, 15) is 0 Å². The Bertz CT molecular complexity index is 561. The molecule has 0 aliphatic carbocycles. The molecule has 0 bridgehead atoms. The van der Waals surface area contributed by atoms with Gasteiger partial charge in [-0.1, -0.05) is 13.3 Å². The number of H-pyrrole nitrogens is 1. The van der Waals surface area contributed by atoms with Gasteiger partial charge in [-0.05, 0) is 55.1 Å². The monoisotopic (exact) mass is 258 g/mol. The van der Waals surface area contributed by atoms with E-state index in [2.05, 4.69) is 35.6 Å². The van der Waals surface area contributed by atoms with Crippen LogP contribution in [0.2, 0.25) is 0 Å². The van der Waals surface area contributed by atoms with E-state index < -0.39 is 0 Å². The van der Waals surface area contributed by atoms with Gasteiger partial charge in [0.05, 0.1) is 7.11 Å². The van der Waals surface area contributed by atoms with Crippen LogP contribution in [0.15, 0.2) is 24.4 Å². The van der Waals surface area contributed by atoms with Gasteiger partial charge in [0.15, 0.2) is 0 Å². The van der Waals surface area contributed by atoms with Crippen LogP contribution in [0.1, 0.15) is 31.2 Å². The minimum absolute atomic E-state index is 0.659. The van der Waals surface area contributed by atoms with Crippen LogP contribution < -0.4 is 10.1 Å². The van der Waals surface area contributed by atoms with Crippen LogP contribution in [-0.4, -0.2) is 25.2 Å². The van der Waals surface area contributed by atoms with Gasteiger partial charge in [-0.25, -0.2) is 0 Å². The lowest BCUT2D eigenvalue weighted by atomic mass is 9.80. The van der Waals surface area contributed by atoms with Crippen LogP contribution in [0.4, 0.5) is 0 Å². The highest BCUT2D eigenvalue weighted by atomic mass is 16.5. The van der Waals surface area contributed by atoms with E-state index in [1.54, 1.807) is 7.11 Å². The first-order valence-corrected chi connectivity index (χ1v) is 7.19. The van der Waals surface area contributed by atoms with Crippen molar-refractivity contribution in [1.82, 2.24) is 10.3 Å². The van der Waals surface area contributed by atoms with Gasteiger partial charge in [-0.15, -0.1) is 0 Å². The average molecular weight is 258 g/mol. The molecule has 1 fully saturated rings. The largest absolute Gasteiger partial charge is 0.497 e. The Morgan fingerprint density at radius 1 is 1.37 bits per heavy atom. The lowest BCUT2D eigenvalue weighted by Gasteiger charge is -2.31. The highest BCUT2D eigenvalue weighted by molar-refractivity contribution is 5.85. The predicted molar refractivity (Wildman–Crippen MR) is 78.9 cm³/mol. The molecule has 19 heavy (non-hydrogen) atoms. The zero-order valence-electron chi connectivity index (χ0n) is 11.7. The number of aromatic amines is 1. The molecule has 2 heterocycles. The molecule has 0 spiro atoms. The first kappa shape index (κ1) is 12.5. The van der Waals surface area contributed by atoms with Gasteiger partial charge in [0.1, 0.15) is 5.75 Å². The molecule has 0 amide bonds. The van der Waals surface area contributed by atoms with Crippen molar-refractivity contribution in [1.29, 1.82) is 0 Å². The van der Waals surface area contributed by atoms with Gasteiger partial charge in [0, 0.05) is 17.1 Å². The van der Waals surface area contributed by atoms with Crippen molar-refractivity contribution >= 4 is 10.9 Å². The maximum atomic E-state index is 5.36. The molecule has 0 radical (unpaired) electrons. The smallest absolute Gasteiger partial charge is 0.119 e. The number of hydrogen-bond donors (Lipinski definition) is 2. The number of ether oxygens (including phenoxy) is 1. The third-order valence-corrected chi connectivity index (χ3v) is 4.45. The summed E-state index contributed by atoms with van der Waals surface area (Å²) in [6.07, 6.45) is 4.65. The molecule has 2 N–H and O–H groups in total. The summed E-state index contributed by atoms with van der Waals surface area (Å²) in [4.78, 5) is 3.41. The number of nitrogens with one attached hydrogen (secondary N) is 2. The summed E-state index contributed by atoms with van der Waals surface area (Å²) in [6.45, 7) is 4.55. The quantitative estimate of drug-likeness (QED) is 0.886. The van der Waals surface area contributed by atoms with Crippen molar-refractivity contribution in [2.24, 2.45) is 5.92 Å². The Kier molecular flexibility index (Phi) is 3.47. The Labute approximate surface area is 114 Å². The fourth-order valence-corrected chi connectivity index (χ4v) is 3.32. The molecule has 1 aliphatic rings. The van der Waals surface area contributed by atoms with Crippen molar-refractivity contribution in [3.63, 3.8) is 0 Å². The van der Waals surface area contributed by atoms with Crippen molar-refractivity contribution in [2.75, 3.05) is 20.2 Å². The Balaban J connectivity index is 2.03. The van der Waals surface area contributed by atoms with E-state index in [1.165, 1.54) is 29.3 Å². The molecular formula is C16H22N2O. The highest BCUT2D eigenvalue weighted by Crippen LogP contribution is 2.37. The van der Waals surface area contributed by atoms with Crippen LogP contribution in [0.25, 0.3) is 10.9 Å². The Morgan fingerprint density at radius 3 is 3.05 bits per heavy atom. The summed E-state index contributed by atoms with van der Waals surface area (Å²) in [6, 6.07) is 6.29. The summed E-state index contributed by atoms with van der Waals surface area (Å²) >= 11 is 0. The van der Waals surface area contributed by atoms with E-state index in [0.717, 1.165) is 24.8 Å². The second-order valence-corrected chi connectivity index (χ2v) is 5.42. The van der Waals surface area contributed by atoms with Gasteiger partial charge in [0.25, 0.3) is 0 Å². The van der Waals surface area contributed by atoms with Crippen molar-refractivity contribution in [2.45, 2.75) is 25.7 Å². The normalized spacial score (nSPS) is 23.7. The first-order valence-electron chi connectivity index (χ1n) is 7.19. The van der Waals surface area contributed by atoms with Gasteiger partial charge >= 0.3 is 0 Å². The molecule has 2 atom stereocenters. The topological polar surface area (TPSA) is 37.0 Å². The summed E-state index contributed by atoms with van der Waals surface area (Å²) in [5.74, 6) is 2.33. The van der Waals surface area contributed by atoms with E-state index in [1.807, 2.05) is 6.07 Å². The maximum absolute atomic E-state index is 5.36. The molecule has 0 saturated carbocycles. The van der Waals surface area contributed by atoms with Crippen molar-refractivity contribution < 1.29 is 4.74 Å². The van der Waals surface area contributed by atoms with Gasteiger partial charge in [0.2, 0.25) is 0 Å². The number of piperidine rings is 1. The molecule has 1 aliphatic heterocycles. The van der Waals surface area contributed by atoms with Crippen LogP contribution in [0, 0.1) is 5.92 Å². The summed E-state index contributed by atoms with van der Waals surface area (Å²) in [5, 5.41) is 4.84. The fourth-order valence-electron chi connectivity index (χ4n) is 3.32. The number of aromatic nitrogens is 1. The molecule has 102 valence electrons. The van der Waals surface area contributed by atoms with Gasteiger partial charge in [-0.3, -0.25) is 0 Å². The van der Waals surface area contributed by atoms with Gasteiger partial charge in [-0.2, -0.15) is 0 Å². The lowest BCUT2D eigenvalue weighted by Crippen LogP contribution is -2.34. The summed E-state index contributed by atoms with van der Waals surface area (Å²) in [7, 11) is 1.73. The summed E-state index contributed by atoms with van der Waals surface area (Å²) < 4.78 is 5.36. The molecule has 1 aromatic heterocycles. The molecule has 1 saturated heterocycles. The average Bonchev–Trinajstić information content (AvgIpc) is 2.89. The third-order valence-electron chi connectivity index (χ3n) is 4.45. The zero-order valence-corrected chi connectivity index (χ0v) is 11.7. The second-order valence-electron chi connectivity index (χ2n) is 5.42. The number of benzene rings is 1. The molecular weight excluding hydrogens is 236 g/mol. The molecule has 2 aromatic rings. The van der Waals surface area contributed by atoms with Crippen LogP contribution in [0.3, 0.4) is 0 Å². The third kappa shape index (κ3) is 2.23. The second kappa shape index (κ2) is 5.25. The molecule has 3 heteroatoms. The van der Waals surface area contributed by atoms with Gasteiger partial charge < -0.3 is 15.0 Å². The number of methoxy groups -OCH3 is 1. The van der Waals surface area contributed by atoms with Crippen molar-refractivity contribution in [3.8, 4) is 5.75 Å². The van der Waals surface area contributed by atoms with E-state index in [-0.39, 0.29) is 0 Å². The van der Waals surface area contributed by atoms with Crippen LogP contribution in [0.5, 0.6) is 5.75 Å². The lowest BCUT2D eigenvalue weighted by molar-refractivity contribution is 0.319. The number of rotatable bonds is 3. The minimum atomic E-state index is 0.659. The van der Waals surface area contributed by atoms with E-state index in [4.69, 9.17) is 4.74 Å². The maximum Gasteiger partial charge on any atom is 0.119 e. The van der Waals surface area contributed by atoms with Crippen molar-refractivity contribution in [3.05, 3.63) is 30.0 Å². The molecule has 3 rings (SSSR count). The fraction of sp³-hybridized carbons (Fsp3) is 0.500. The zero-order chi connectivity index (χ0) is 13.2. The number of hydrogen-bond acceptors (Lipinski definition) is 2. The standard InChI is InChI=1S/C16H22N2O/c1-3-11-9-17-7-6-13(11)15-10-18-16-5-4-12(19-2)8-14(15)16/h4-5,8,10-11,13,17-18H,3,6-7,9H2,1-2H3. The Hall–Kier alpha value is -1.48. The molecule has 2 unspecified atom stereocenters. The van der Waals surface area contributed by atoms with Crippen LogP contribution in [-0.2, 0) is 0 Å². The van der Waals surface area contributed by atoms with Crippen LogP contribution >= 0.6 is 0 Å². The minimum Gasteiger partial charge on any atom is -0.497 e.